The summed E-state index contributed by atoms with van der Waals surface area (Å²) in [6.45, 7) is 5.92. The molecule has 11 heavy (non-hydrogen) atoms. The molecule has 0 aliphatic carbocycles. The van der Waals surface area contributed by atoms with E-state index in [1.165, 1.54) is 0 Å². The normalized spacial score (nSPS) is 14.3. The second kappa shape index (κ2) is 7.00. The molecule has 0 aromatic carbocycles. The van der Waals surface area contributed by atoms with Gasteiger partial charge in [0, 0.05) is 12.4 Å². The third-order valence-electron chi connectivity index (χ3n) is 1.09. The molecule has 0 amide bonds. The van der Waals surface area contributed by atoms with Gasteiger partial charge in [0.2, 0.25) is 0 Å². The SMILES string of the molecule is CC=N/C=C(C)/C=C\C=C/C. The van der Waals surface area contributed by atoms with Gasteiger partial charge in [0.05, 0.1) is 0 Å². The van der Waals surface area contributed by atoms with Crippen LogP contribution in [0.2, 0.25) is 0 Å². The molecule has 1 nitrogen and oxygen atoms in total. The van der Waals surface area contributed by atoms with E-state index in [1.54, 1.807) is 6.21 Å². The fourth-order valence-corrected chi connectivity index (χ4v) is 0.554. The van der Waals surface area contributed by atoms with Crippen molar-refractivity contribution in [1.29, 1.82) is 0 Å². The Morgan fingerprint density at radius 2 is 1.91 bits per heavy atom. The van der Waals surface area contributed by atoms with Crippen LogP contribution >= 0.6 is 0 Å². The van der Waals surface area contributed by atoms with Gasteiger partial charge < -0.3 is 0 Å². The lowest BCUT2D eigenvalue weighted by Crippen LogP contribution is -1.65. The fourth-order valence-electron chi connectivity index (χ4n) is 0.554. The molecule has 0 N–H and O–H groups in total. The molecule has 0 aromatic rings. The van der Waals surface area contributed by atoms with E-state index in [2.05, 4.69) is 4.99 Å². The third-order valence-corrected chi connectivity index (χ3v) is 1.09. The van der Waals surface area contributed by atoms with Crippen molar-refractivity contribution in [1.82, 2.24) is 0 Å². The van der Waals surface area contributed by atoms with Gasteiger partial charge >= 0.3 is 0 Å². The molecule has 0 saturated heterocycles. The molecule has 0 aliphatic rings. The van der Waals surface area contributed by atoms with Crippen LogP contribution in [-0.2, 0) is 0 Å². The van der Waals surface area contributed by atoms with Gasteiger partial charge in [0.25, 0.3) is 0 Å². The Balaban J connectivity index is 3.94. The lowest BCUT2D eigenvalue weighted by Gasteiger charge is -1.84. The summed E-state index contributed by atoms with van der Waals surface area (Å²) in [6.07, 6.45) is 11.6. The van der Waals surface area contributed by atoms with Gasteiger partial charge in [0.15, 0.2) is 0 Å². The number of hydrogen-bond donors (Lipinski definition) is 0. The van der Waals surface area contributed by atoms with Crippen molar-refractivity contribution < 1.29 is 0 Å². The van der Waals surface area contributed by atoms with Gasteiger partial charge in [-0.2, -0.15) is 0 Å². The summed E-state index contributed by atoms with van der Waals surface area (Å²) in [4.78, 5) is 3.99. The lowest BCUT2D eigenvalue weighted by molar-refractivity contribution is 1.43. The monoisotopic (exact) mass is 149 g/mol. The Labute approximate surface area is 68.9 Å². The van der Waals surface area contributed by atoms with Crippen LogP contribution in [0.4, 0.5) is 0 Å². The van der Waals surface area contributed by atoms with Crippen LogP contribution in [0.3, 0.4) is 0 Å². The summed E-state index contributed by atoms with van der Waals surface area (Å²) < 4.78 is 0. The van der Waals surface area contributed by atoms with Gasteiger partial charge in [-0.1, -0.05) is 24.3 Å². The van der Waals surface area contributed by atoms with Crippen LogP contribution in [0.1, 0.15) is 20.8 Å². The van der Waals surface area contributed by atoms with Crippen molar-refractivity contribution >= 4 is 6.21 Å². The smallest absolute Gasteiger partial charge is 0.0292 e. The van der Waals surface area contributed by atoms with Gasteiger partial charge in [0.1, 0.15) is 0 Å². The molecule has 0 heterocycles. The minimum Gasteiger partial charge on any atom is -0.269 e. The molecule has 0 fully saturated rings. The van der Waals surface area contributed by atoms with Crippen molar-refractivity contribution in [3.8, 4) is 0 Å². The van der Waals surface area contributed by atoms with Gasteiger partial charge in [-0.15, -0.1) is 0 Å². The van der Waals surface area contributed by atoms with E-state index in [0.29, 0.717) is 0 Å². The van der Waals surface area contributed by atoms with E-state index in [1.807, 2.05) is 51.3 Å². The van der Waals surface area contributed by atoms with Gasteiger partial charge in [-0.05, 0) is 26.3 Å². The van der Waals surface area contributed by atoms with Crippen molar-refractivity contribution in [2.75, 3.05) is 0 Å². The topological polar surface area (TPSA) is 12.4 Å². The van der Waals surface area contributed by atoms with Crippen molar-refractivity contribution in [3.05, 3.63) is 36.1 Å². The molecule has 0 saturated carbocycles. The van der Waals surface area contributed by atoms with Crippen LogP contribution in [0.15, 0.2) is 41.1 Å². The van der Waals surface area contributed by atoms with Crippen molar-refractivity contribution in [3.63, 3.8) is 0 Å². The summed E-state index contributed by atoms with van der Waals surface area (Å²) >= 11 is 0. The van der Waals surface area contributed by atoms with Crippen LogP contribution in [0.25, 0.3) is 0 Å². The molecule has 60 valence electrons. The largest absolute Gasteiger partial charge is 0.269 e. The highest BCUT2D eigenvalue weighted by molar-refractivity contribution is 5.54. The average molecular weight is 149 g/mol. The van der Waals surface area contributed by atoms with E-state index >= 15 is 0 Å². The molecule has 0 atom stereocenters. The average Bonchev–Trinajstić information content (AvgIpc) is 2.01. The summed E-state index contributed by atoms with van der Waals surface area (Å²) in [5, 5.41) is 0. The number of nitrogens with zero attached hydrogens (tertiary/aromatic N) is 1. The molecule has 1 heteroatoms. The number of hydrogen-bond acceptors (Lipinski definition) is 1. The quantitative estimate of drug-likeness (QED) is 0.432. The minimum absolute atomic E-state index is 1.15. The van der Waals surface area contributed by atoms with Gasteiger partial charge in [-0.3, -0.25) is 4.99 Å². The number of allylic oxidation sites excluding steroid dienone is 5. The summed E-state index contributed by atoms with van der Waals surface area (Å²) in [5.74, 6) is 0. The first-order valence-electron chi connectivity index (χ1n) is 3.75. The predicted octanol–water partition coefficient (Wildman–Crippen LogP) is 3.11. The Bertz CT molecular complexity index is 195. The van der Waals surface area contributed by atoms with Crippen molar-refractivity contribution in [2.24, 2.45) is 4.99 Å². The molecular formula is C10H15N. The van der Waals surface area contributed by atoms with E-state index in [9.17, 15) is 0 Å². The molecular weight excluding hydrogens is 134 g/mol. The highest BCUT2D eigenvalue weighted by Gasteiger charge is 1.74. The fraction of sp³-hybridized carbons (Fsp3) is 0.300. The molecule has 0 spiro atoms. The zero-order chi connectivity index (χ0) is 8.53. The molecule has 0 bridgehead atoms. The summed E-state index contributed by atoms with van der Waals surface area (Å²) in [5.41, 5.74) is 1.15. The highest BCUT2D eigenvalue weighted by atomic mass is 14.7. The minimum atomic E-state index is 1.15. The third kappa shape index (κ3) is 6.78. The predicted molar refractivity (Wildman–Crippen MR) is 51.9 cm³/mol. The maximum absolute atomic E-state index is 3.99. The number of rotatable bonds is 3. The molecule has 0 unspecified atom stereocenters. The Hall–Kier alpha value is -1.11. The zero-order valence-electron chi connectivity index (χ0n) is 7.41. The van der Waals surface area contributed by atoms with E-state index < -0.39 is 0 Å². The highest BCUT2D eigenvalue weighted by Crippen LogP contribution is 1.94. The van der Waals surface area contributed by atoms with Crippen LogP contribution < -0.4 is 0 Å². The summed E-state index contributed by atoms with van der Waals surface area (Å²) in [7, 11) is 0. The first kappa shape index (κ1) is 9.89. The van der Waals surface area contributed by atoms with E-state index in [-0.39, 0.29) is 0 Å². The Morgan fingerprint density at radius 3 is 2.45 bits per heavy atom. The van der Waals surface area contributed by atoms with Gasteiger partial charge in [-0.25, -0.2) is 0 Å². The second-order valence-corrected chi connectivity index (χ2v) is 2.17. The molecule has 0 radical (unpaired) electrons. The zero-order valence-corrected chi connectivity index (χ0v) is 7.41. The van der Waals surface area contributed by atoms with Crippen LogP contribution in [0.5, 0.6) is 0 Å². The van der Waals surface area contributed by atoms with E-state index in [0.717, 1.165) is 5.57 Å². The van der Waals surface area contributed by atoms with Crippen LogP contribution in [-0.4, -0.2) is 6.21 Å². The lowest BCUT2D eigenvalue weighted by atomic mass is 10.3. The molecule has 0 rings (SSSR count). The Morgan fingerprint density at radius 1 is 1.18 bits per heavy atom. The van der Waals surface area contributed by atoms with Crippen LogP contribution in [0, 0.1) is 0 Å². The first-order valence-corrected chi connectivity index (χ1v) is 3.75. The standard InChI is InChI=1S/C10H15N/c1-4-6-7-8-10(3)9-11-5-2/h4-9H,1-3H3/b6-4-,8-7-,10-9+,11-5?. The Kier molecular flexibility index (Phi) is 6.30. The maximum atomic E-state index is 3.99. The first-order chi connectivity index (χ1) is 5.31. The molecule has 0 aromatic heterocycles. The van der Waals surface area contributed by atoms with E-state index in [4.69, 9.17) is 0 Å². The van der Waals surface area contributed by atoms with Crippen molar-refractivity contribution in [2.45, 2.75) is 20.8 Å². The number of aliphatic imine (C=N–C) groups is 1. The second-order valence-electron chi connectivity index (χ2n) is 2.17. The maximum Gasteiger partial charge on any atom is 0.0292 e. The molecule has 0 aliphatic heterocycles. The summed E-state index contributed by atoms with van der Waals surface area (Å²) in [6, 6.07) is 0.